The number of halogens is 4. The fourth-order valence-electron chi connectivity index (χ4n) is 3.29. The molecule has 1 heterocycles. The minimum atomic E-state index is -4.42. The summed E-state index contributed by atoms with van der Waals surface area (Å²) in [6.45, 7) is 0.971. The summed E-state index contributed by atoms with van der Waals surface area (Å²) in [5, 5.41) is 5.26. The fraction of sp³-hybridized carbons (Fsp3) is 0.304. The normalized spacial score (nSPS) is 14.0. The van der Waals surface area contributed by atoms with Crippen LogP contribution in [0.15, 0.2) is 53.9 Å². The van der Waals surface area contributed by atoms with Crippen LogP contribution < -0.4 is 5.32 Å². The molecule has 168 valence electrons. The summed E-state index contributed by atoms with van der Waals surface area (Å²) in [6.07, 6.45) is -2.47. The second kappa shape index (κ2) is 9.38. The molecule has 32 heavy (non-hydrogen) atoms. The number of hydrogen-bond donors (Lipinski definition) is 1. The zero-order valence-electron chi connectivity index (χ0n) is 17.0. The van der Waals surface area contributed by atoms with Crippen molar-refractivity contribution in [2.24, 2.45) is 0 Å². The van der Waals surface area contributed by atoms with Crippen LogP contribution in [0.25, 0.3) is 0 Å². The Balaban J connectivity index is 1.51. The third-order valence-electron chi connectivity index (χ3n) is 5.04. The second-order valence-corrected chi connectivity index (χ2v) is 8.79. The van der Waals surface area contributed by atoms with Crippen LogP contribution in [0.5, 0.6) is 0 Å². The standard InChI is InChI=1S/C23H21F4N3OS/c24-18-6-4-15(5-7-18)11-30(12-16-2-1-3-17(10-16)23(25,26)27)13-21-29-20(14-32-21)22(31)28-19-8-9-19/h1-7,10,14,19H,8-9,11-13H2,(H,28,31). The zero-order valence-corrected chi connectivity index (χ0v) is 17.8. The minimum absolute atomic E-state index is 0.210. The Labute approximate surface area is 186 Å². The van der Waals surface area contributed by atoms with E-state index in [9.17, 15) is 22.4 Å². The summed E-state index contributed by atoms with van der Waals surface area (Å²) in [6, 6.07) is 11.4. The molecule has 0 bridgehead atoms. The van der Waals surface area contributed by atoms with Gasteiger partial charge in [0.2, 0.25) is 0 Å². The van der Waals surface area contributed by atoms with Crippen LogP contribution in [0.2, 0.25) is 0 Å². The Morgan fingerprint density at radius 1 is 1.06 bits per heavy atom. The highest BCUT2D eigenvalue weighted by atomic mass is 32.1. The van der Waals surface area contributed by atoms with Gasteiger partial charge >= 0.3 is 6.18 Å². The summed E-state index contributed by atoms with van der Waals surface area (Å²) in [5.41, 5.74) is 0.967. The molecule has 1 amide bonds. The maximum absolute atomic E-state index is 13.3. The van der Waals surface area contributed by atoms with E-state index in [1.165, 1.54) is 29.5 Å². The van der Waals surface area contributed by atoms with Gasteiger partial charge in [-0.3, -0.25) is 9.69 Å². The van der Waals surface area contributed by atoms with Gasteiger partial charge in [-0.05, 0) is 42.2 Å². The van der Waals surface area contributed by atoms with E-state index in [0.717, 1.165) is 30.5 Å². The number of alkyl halides is 3. The van der Waals surface area contributed by atoms with Crippen LogP contribution >= 0.6 is 11.3 Å². The van der Waals surface area contributed by atoms with Gasteiger partial charge in [0.25, 0.3) is 5.91 Å². The summed E-state index contributed by atoms with van der Waals surface area (Å²) in [5.74, 6) is -0.567. The molecule has 4 rings (SSSR count). The molecule has 4 nitrogen and oxygen atoms in total. The van der Waals surface area contributed by atoms with Gasteiger partial charge < -0.3 is 5.32 Å². The highest BCUT2D eigenvalue weighted by Crippen LogP contribution is 2.30. The Kier molecular flexibility index (Phi) is 6.57. The lowest BCUT2D eigenvalue weighted by Gasteiger charge is -2.22. The number of nitrogens with zero attached hydrogens (tertiary/aromatic N) is 2. The van der Waals surface area contributed by atoms with E-state index in [1.807, 2.05) is 4.90 Å². The number of thiazole rings is 1. The number of carbonyl (C=O) groups excluding carboxylic acids is 1. The molecule has 3 aromatic rings. The summed E-state index contributed by atoms with van der Waals surface area (Å²) in [7, 11) is 0. The van der Waals surface area contributed by atoms with Crippen molar-refractivity contribution in [3.63, 3.8) is 0 Å². The molecule has 1 N–H and O–H groups in total. The van der Waals surface area contributed by atoms with Gasteiger partial charge in [0.05, 0.1) is 12.1 Å². The molecule has 9 heteroatoms. The fourth-order valence-corrected chi connectivity index (χ4v) is 4.10. The topological polar surface area (TPSA) is 45.2 Å². The van der Waals surface area contributed by atoms with Gasteiger partial charge in [0.15, 0.2) is 0 Å². The summed E-state index contributed by atoms with van der Waals surface area (Å²) < 4.78 is 52.6. The van der Waals surface area contributed by atoms with Gasteiger partial charge in [-0.1, -0.05) is 30.3 Å². The third-order valence-corrected chi connectivity index (χ3v) is 5.87. The van der Waals surface area contributed by atoms with Crippen LogP contribution in [0.3, 0.4) is 0 Å². The molecule has 1 aliphatic carbocycles. The summed E-state index contributed by atoms with van der Waals surface area (Å²) >= 11 is 1.33. The van der Waals surface area contributed by atoms with Crippen molar-refractivity contribution in [3.8, 4) is 0 Å². The molecule has 0 aliphatic heterocycles. The van der Waals surface area contributed by atoms with Gasteiger partial charge in [0, 0.05) is 24.5 Å². The van der Waals surface area contributed by atoms with Crippen LogP contribution in [-0.4, -0.2) is 21.8 Å². The zero-order chi connectivity index (χ0) is 22.7. The van der Waals surface area contributed by atoms with E-state index in [1.54, 1.807) is 23.6 Å². The molecule has 1 saturated carbocycles. The predicted octanol–water partition coefficient (Wildman–Crippen LogP) is 5.40. The largest absolute Gasteiger partial charge is 0.416 e. The first-order valence-electron chi connectivity index (χ1n) is 10.1. The Bertz CT molecular complexity index is 1080. The molecule has 1 aromatic heterocycles. The van der Waals surface area contributed by atoms with Crippen LogP contribution in [0.4, 0.5) is 17.6 Å². The summed E-state index contributed by atoms with van der Waals surface area (Å²) in [4.78, 5) is 18.5. The molecule has 0 spiro atoms. The maximum Gasteiger partial charge on any atom is 0.416 e. The van der Waals surface area contributed by atoms with Crippen molar-refractivity contribution in [1.82, 2.24) is 15.2 Å². The monoisotopic (exact) mass is 463 g/mol. The lowest BCUT2D eigenvalue weighted by atomic mass is 10.1. The average Bonchev–Trinajstić information content (AvgIpc) is 3.43. The van der Waals surface area contributed by atoms with Crippen molar-refractivity contribution >= 4 is 17.2 Å². The number of aromatic nitrogens is 1. The van der Waals surface area contributed by atoms with Gasteiger partial charge in [-0.2, -0.15) is 13.2 Å². The quantitative estimate of drug-likeness (QED) is 0.456. The first-order chi connectivity index (χ1) is 15.3. The van der Waals surface area contributed by atoms with Gasteiger partial charge in [-0.15, -0.1) is 11.3 Å². The lowest BCUT2D eigenvalue weighted by Crippen LogP contribution is -2.26. The van der Waals surface area contributed by atoms with E-state index in [0.29, 0.717) is 29.4 Å². The number of rotatable bonds is 8. The van der Waals surface area contributed by atoms with E-state index in [2.05, 4.69) is 10.3 Å². The molecule has 0 saturated heterocycles. The number of hydrogen-bond acceptors (Lipinski definition) is 4. The van der Waals surface area contributed by atoms with Gasteiger partial charge in [0.1, 0.15) is 16.5 Å². The molecule has 0 atom stereocenters. The van der Waals surface area contributed by atoms with Crippen molar-refractivity contribution in [3.05, 3.63) is 87.1 Å². The van der Waals surface area contributed by atoms with E-state index in [-0.39, 0.29) is 24.3 Å². The first kappa shape index (κ1) is 22.4. The molecule has 1 aliphatic rings. The average molecular weight is 464 g/mol. The Morgan fingerprint density at radius 3 is 2.47 bits per heavy atom. The Morgan fingerprint density at radius 2 is 1.78 bits per heavy atom. The number of amides is 1. The van der Waals surface area contributed by atoms with Crippen molar-refractivity contribution < 1.29 is 22.4 Å². The van der Waals surface area contributed by atoms with Crippen molar-refractivity contribution in [2.75, 3.05) is 0 Å². The van der Waals surface area contributed by atoms with Crippen LogP contribution in [0, 0.1) is 5.82 Å². The van der Waals surface area contributed by atoms with E-state index in [4.69, 9.17) is 0 Å². The highest BCUT2D eigenvalue weighted by molar-refractivity contribution is 7.09. The third kappa shape index (κ3) is 6.14. The lowest BCUT2D eigenvalue weighted by molar-refractivity contribution is -0.137. The van der Waals surface area contributed by atoms with Crippen molar-refractivity contribution in [2.45, 2.75) is 44.7 Å². The highest BCUT2D eigenvalue weighted by Gasteiger charge is 2.30. The molecule has 0 radical (unpaired) electrons. The molecule has 1 fully saturated rings. The molecule has 0 unspecified atom stereocenters. The minimum Gasteiger partial charge on any atom is -0.348 e. The Hall–Kier alpha value is -2.78. The molecular formula is C23H21F4N3OS. The van der Waals surface area contributed by atoms with Crippen LogP contribution in [0.1, 0.15) is 45.0 Å². The number of carbonyl (C=O) groups is 1. The van der Waals surface area contributed by atoms with E-state index >= 15 is 0 Å². The van der Waals surface area contributed by atoms with Gasteiger partial charge in [-0.25, -0.2) is 9.37 Å². The second-order valence-electron chi connectivity index (χ2n) is 7.84. The first-order valence-corrected chi connectivity index (χ1v) is 11.0. The molecular weight excluding hydrogens is 442 g/mol. The van der Waals surface area contributed by atoms with E-state index < -0.39 is 11.7 Å². The smallest absolute Gasteiger partial charge is 0.348 e. The van der Waals surface area contributed by atoms with Crippen molar-refractivity contribution in [1.29, 1.82) is 0 Å². The molecule has 2 aromatic carbocycles. The predicted molar refractivity (Wildman–Crippen MR) is 113 cm³/mol. The maximum atomic E-state index is 13.3. The number of nitrogens with one attached hydrogen (secondary N) is 1. The SMILES string of the molecule is O=C(NC1CC1)c1csc(CN(Cc2ccc(F)cc2)Cc2cccc(C(F)(F)F)c2)n1. The van der Waals surface area contributed by atoms with Crippen LogP contribution in [-0.2, 0) is 25.8 Å². The number of benzene rings is 2.